The van der Waals surface area contributed by atoms with E-state index in [1.807, 2.05) is 0 Å². The molecule has 0 radical (unpaired) electrons. The van der Waals surface area contributed by atoms with Crippen LogP contribution in [0.25, 0.3) is 0 Å². The molecule has 0 aromatic carbocycles. The van der Waals surface area contributed by atoms with Gasteiger partial charge in [0.1, 0.15) is 0 Å². The van der Waals surface area contributed by atoms with Gasteiger partial charge in [0.2, 0.25) is 15.9 Å². The first-order valence-corrected chi connectivity index (χ1v) is 11.0. The van der Waals surface area contributed by atoms with Crippen molar-refractivity contribution >= 4 is 15.9 Å². The second-order valence-corrected chi connectivity index (χ2v) is 9.55. The van der Waals surface area contributed by atoms with Crippen molar-refractivity contribution in [3.63, 3.8) is 0 Å². The molecule has 2 fully saturated rings. The molecule has 2 saturated heterocycles. The smallest absolute Gasteiger partial charge is 0.224 e. The lowest BCUT2D eigenvalue weighted by molar-refractivity contribution is -0.126. The molecule has 0 aliphatic carbocycles. The molecule has 0 bridgehead atoms. The average Bonchev–Trinajstić information content (AvgIpc) is 2.58. The normalized spacial score (nSPS) is 27.1. The van der Waals surface area contributed by atoms with Crippen LogP contribution in [0.15, 0.2) is 0 Å². The zero-order valence-corrected chi connectivity index (χ0v) is 16.0. The molecule has 140 valence electrons. The SMILES string of the molecule is CCS(=O)(=O)N1CCC[C@@H](C(=O)NCCCN2CCC[C@H](C)C2)C1. The molecule has 1 amide bonds. The molecule has 2 aliphatic heterocycles. The van der Waals surface area contributed by atoms with E-state index in [0.29, 0.717) is 19.6 Å². The van der Waals surface area contributed by atoms with Crippen molar-refractivity contribution in [2.45, 2.75) is 46.0 Å². The van der Waals surface area contributed by atoms with Crippen LogP contribution in [0.1, 0.15) is 46.0 Å². The van der Waals surface area contributed by atoms with Crippen LogP contribution in [0.3, 0.4) is 0 Å². The molecule has 2 rings (SSSR count). The Kier molecular flexibility index (Phi) is 7.50. The number of likely N-dealkylation sites (tertiary alicyclic amines) is 1. The molecule has 0 spiro atoms. The van der Waals surface area contributed by atoms with Gasteiger partial charge in [-0.3, -0.25) is 4.79 Å². The van der Waals surface area contributed by atoms with Crippen LogP contribution in [-0.4, -0.2) is 68.6 Å². The van der Waals surface area contributed by atoms with E-state index in [9.17, 15) is 13.2 Å². The van der Waals surface area contributed by atoms with Crippen molar-refractivity contribution in [3.05, 3.63) is 0 Å². The van der Waals surface area contributed by atoms with Crippen LogP contribution in [-0.2, 0) is 14.8 Å². The molecule has 6 nitrogen and oxygen atoms in total. The molecule has 7 heteroatoms. The van der Waals surface area contributed by atoms with E-state index in [4.69, 9.17) is 0 Å². The fourth-order valence-electron chi connectivity index (χ4n) is 3.74. The summed E-state index contributed by atoms with van der Waals surface area (Å²) < 4.78 is 25.4. The maximum absolute atomic E-state index is 12.3. The zero-order chi connectivity index (χ0) is 17.6. The Hall–Kier alpha value is -0.660. The van der Waals surface area contributed by atoms with Gasteiger partial charge in [0.25, 0.3) is 0 Å². The van der Waals surface area contributed by atoms with Crippen LogP contribution in [0.5, 0.6) is 0 Å². The van der Waals surface area contributed by atoms with Crippen LogP contribution in [0.2, 0.25) is 0 Å². The van der Waals surface area contributed by atoms with Crippen molar-refractivity contribution in [1.82, 2.24) is 14.5 Å². The summed E-state index contributed by atoms with van der Waals surface area (Å²) in [5, 5.41) is 3.01. The van der Waals surface area contributed by atoms with Gasteiger partial charge < -0.3 is 10.2 Å². The van der Waals surface area contributed by atoms with Crippen molar-refractivity contribution < 1.29 is 13.2 Å². The van der Waals surface area contributed by atoms with E-state index in [2.05, 4.69) is 17.1 Å². The van der Waals surface area contributed by atoms with Gasteiger partial charge in [-0.25, -0.2) is 12.7 Å². The summed E-state index contributed by atoms with van der Waals surface area (Å²) >= 11 is 0. The largest absolute Gasteiger partial charge is 0.356 e. The van der Waals surface area contributed by atoms with Crippen molar-refractivity contribution in [2.75, 3.05) is 45.0 Å². The lowest BCUT2D eigenvalue weighted by Gasteiger charge is -2.31. The summed E-state index contributed by atoms with van der Waals surface area (Å²) in [5.74, 6) is 0.699. The molecule has 0 aromatic rings. The topological polar surface area (TPSA) is 69.7 Å². The summed E-state index contributed by atoms with van der Waals surface area (Å²) in [6, 6.07) is 0. The zero-order valence-electron chi connectivity index (χ0n) is 15.2. The van der Waals surface area contributed by atoms with E-state index in [1.54, 1.807) is 6.92 Å². The van der Waals surface area contributed by atoms with Gasteiger partial charge in [-0.15, -0.1) is 0 Å². The minimum absolute atomic E-state index is 0.0121. The first-order chi connectivity index (χ1) is 11.4. The Morgan fingerprint density at radius 2 is 1.92 bits per heavy atom. The Balaban J connectivity index is 1.68. The van der Waals surface area contributed by atoms with Gasteiger partial charge in [-0.2, -0.15) is 0 Å². The predicted molar refractivity (Wildman–Crippen MR) is 96.2 cm³/mol. The van der Waals surface area contributed by atoms with Gasteiger partial charge in [0.05, 0.1) is 11.7 Å². The van der Waals surface area contributed by atoms with Crippen LogP contribution < -0.4 is 5.32 Å². The van der Waals surface area contributed by atoms with Gasteiger partial charge in [-0.1, -0.05) is 6.92 Å². The summed E-state index contributed by atoms with van der Waals surface area (Å²) in [6.45, 7) is 8.89. The van der Waals surface area contributed by atoms with Gasteiger partial charge in [0.15, 0.2) is 0 Å². The third-order valence-corrected chi connectivity index (χ3v) is 7.05. The lowest BCUT2D eigenvalue weighted by Crippen LogP contribution is -2.46. The first kappa shape index (κ1) is 19.7. The maximum atomic E-state index is 12.3. The average molecular weight is 360 g/mol. The molecule has 0 saturated carbocycles. The molecule has 2 atom stereocenters. The van der Waals surface area contributed by atoms with Crippen LogP contribution >= 0.6 is 0 Å². The first-order valence-electron chi connectivity index (χ1n) is 9.40. The van der Waals surface area contributed by atoms with Gasteiger partial charge >= 0.3 is 0 Å². The minimum atomic E-state index is -3.19. The second kappa shape index (κ2) is 9.15. The summed E-state index contributed by atoms with van der Waals surface area (Å²) in [4.78, 5) is 14.8. The minimum Gasteiger partial charge on any atom is -0.356 e. The van der Waals surface area contributed by atoms with Crippen molar-refractivity contribution in [2.24, 2.45) is 11.8 Å². The molecule has 2 heterocycles. The standard InChI is InChI=1S/C17H33N3O3S/c1-3-24(22,23)20-12-5-8-16(14-20)17(21)18-9-6-11-19-10-4-7-15(2)13-19/h15-16H,3-14H2,1-2H3,(H,18,21)/t15-,16+/m0/s1. The molecular weight excluding hydrogens is 326 g/mol. The Morgan fingerprint density at radius 1 is 1.17 bits per heavy atom. The Labute approximate surface area is 147 Å². The number of hydrogen-bond donors (Lipinski definition) is 1. The molecular formula is C17H33N3O3S. The van der Waals surface area contributed by atoms with Crippen LogP contribution in [0.4, 0.5) is 0 Å². The molecule has 0 aromatic heterocycles. The quantitative estimate of drug-likeness (QED) is 0.696. The highest BCUT2D eigenvalue weighted by atomic mass is 32.2. The second-order valence-electron chi connectivity index (χ2n) is 7.29. The van der Waals surface area contributed by atoms with Gasteiger partial charge in [0, 0.05) is 26.2 Å². The van der Waals surface area contributed by atoms with E-state index in [-0.39, 0.29) is 17.6 Å². The third-order valence-electron chi connectivity index (χ3n) is 5.20. The number of nitrogens with zero attached hydrogens (tertiary/aromatic N) is 2. The van der Waals surface area contributed by atoms with E-state index < -0.39 is 10.0 Å². The van der Waals surface area contributed by atoms with E-state index in [0.717, 1.165) is 31.7 Å². The molecule has 1 N–H and O–H groups in total. The highest BCUT2D eigenvalue weighted by Gasteiger charge is 2.31. The van der Waals surface area contributed by atoms with Crippen molar-refractivity contribution in [1.29, 1.82) is 0 Å². The molecule has 2 aliphatic rings. The maximum Gasteiger partial charge on any atom is 0.224 e. The number of carbonyl (C=O) groups excluding carboxylic acids is 1. The van der Waals surface area contributed by atoms with Crippen LogP contribution in [0, 0.1) is 11.8 Å². The van der Waals surface area contributed by atoms with Crippen molar-refractivity contribution in [3.8, 4) is 0 Å². The molecule has 24 heavy (non-hydrogen) atoms. The highest BCUT2D eigenvalue weighted by Crippen LogP contribution is 2.19. The monoisotopic (exact) mass is 359 g/mol. The number of carbonyl (C=O) groups is 1. The summed E-state index contributed by atoms with van der Waals surface area (Å²) in [6.07, 6.45) is 5.11. The number of sulfonamides is 1. The number of nitrogens with one attached hydrogen (secondary N) is 1. The van der Waals surface area contributed by atoms with Gasteiger partial charge in [-0.05, 0) is 58.0 Å². The summed E-state index contributed by atoms with van der Waals surface area (Å²) in [5.41, 5.74) is 0. The predicted octanol–water partition coefficient (Wildman–Crippen LogP) is 1.29. The molecule has 0 unspecified atom stereocenters. The summed E-state index contributed by atoms with van der Waals surface area (Å²) in [7, 11) is -3.19. The number of piperidine rings is 2. The van der Waals surface area contributed by atoms with E-state index >= 15 is 0 Å². The third kappa shape index (κ3) is 5.70. The fraction of sp³-hybridized carbons (Fsp3) is 0.941. The number of hydrogen-bond acceptors (Lipinski definition) is 4. The fourth-order valence-corrected chi connectivity index (χ4v) is 4.92. The number of amides is 1. The highest BCUT2D eigenvalue weighted by molar-refractivity contribution is 7.89. The Bertz CT molecular complexity index is 509. The number of rotatable bonds is 7. The lowest BCUT2D eigenvalue weighted by atomic mass is 9.99. The Morgan fingerprint density at radius 3 is 2.62 bits per heavy atom. The van der Waals surface area contributed by atoms with E-state index in [1.165, 1.54) is 30.2 Å².